The first-order valence-electron chi connectivity index (χ1n) is 6.44. The van der Waals surface area contributed by atoms with Crippen molar-refractivity contribution in [1.29, 1.82) is 0 Å². The van der Waals surface area contributed by atoms with E-state index in [0.29, 0.717) is 17.7 Å². The number of aryl methyl sites for hydroxylation is 1. The van der Waals surface area contributed by atoms with Crippen molar-refractivity contribution in [3.05, 3.63) is 65.2 Å². The van der Waals surface area contributed by atoms with Gasteiger partial charge in [0.15, 0.2) is 0 Å². The summed E-state index contributed by atoms with van der Waals surface area (Å²) >= 11 is 1.66. The molecule has 0 saturated carbocycles. The molecule has 0 aromatic heterocycles. The Labute approximate surface area is 122 Å². The summed E-state index contributed by atoms with van der Waals surface area (Å²) in [5.74, 6) is -0.391. The van der Waals surface area contributed by atoms with Crippen molar-refractivity contribution < 1.29 is 8.78 Å². The third-order valence-corrected chi connectivity index (χ3v) is 4.41. The van der Waals surface area contributed by atoms with Crippen molar-refractivity contribution in [3.63, 3.8) is 0 Å². The second-order valence-corrected chi connectivity index (χ2v) is 5.84. The molecule has 2 rings (SSSR count). The average Bonchev–Trinajstić information content (AvgIpc) is 2.41. The lowest BCUT2D eigenvalue weighted by atomic mass is 10.1. The van der Waals surface area contributed by atoms with E-state index in [4.69, 9.17) is 5.73 Å². The fourth-order valence-electron chi connectivity index (χ4n) is 1.94. The Morgan fingerprint density at radius 2 is 1.90 bits per heavy atom. The molecule has 20 heavy (non-hydrogen) atoms. The van der Waals surface area contributed by atoms with Gasteiger partial charge in [0, 0.05) is 22.8 Å². The standard InChI is InChI=1S/C16H17F2NS/c1-11-4-2-3-5-16(11)20-10-14(19)8-12-6-7-13(17)9-15(12)18/h2-7,9,14H,8,10,19H2,1H3. The van der Waals surface area contributed by atoms with Gasteiger partial charge in [-0.3, -0.25) is 0 Å². The van der Waals surface area contributed by atoms with Gasteiger partial charge in [-0.05, 0) is 36.6 Å². The SMILES string of the molecule is Cc1ccccc1SCC(N)Cc1ccc(F)cc1F. The Kier molecular flexibility index (Phi) is 5.15. The molecule has 0 aliphatic rings. The lowest BCUT2D eigenvalue weighted by Crippen LogP contribution is -2.26. The third kappa shape index (κ3) is 4.05. The van der Waals surface area contributed by atoms with Crippen LogP contribution in [0, 0.1) is 18.6 Å². The zero-order valence-electron chi connectivity index (χ0n) is 11.3. The van der Waals surface area contributed by atoms with Gasteiger partial charge < -0.3 is 5.73 Å². The molecule has 0 heterocycles. The smallest absolute Gasteiger partial charge is 0.129 e. The van der Waals surface area contributed by atoms with Crippen molar-refractivity contribution in [1.82, 2.24) is 0 Å². The summed E-state index contributed by atoms with van der Waals surface area (Å²) < 4.78 is 26.4. The summed E-state index contributed by atoms with van der Waals surface area (Å²) in [6.07, 6.45) is 0.408. The summed E-state index contributed by atoms with van der Waals surface area (Å²) in [4.78, 5) is 1.18. The number of hydrogen-bond acceptors (Lipinski definition) is 2. The number of halogens is 2. The molecule has 2 N–H and O–H groups in total. The lowest BCUT2D eigenvalue weighted by Gasteiger charge is -2.13. The quantitative estimate of drug-likeness (QED) is 0.845. The molecular formula is C16H17F2NS. The second-order valence-electron chi connectivity index (χ2n) is 4.78. The van der Waals surface area contributed by atoms with Crippen LogP contribution in [0.4, 0.5) is 8.78 Å². The first kappa shape index (κ1) is 15.0. The first-order valence-corrected chi connectivity index (χ1v) is 7.43. The third-order valence-electron chi connectivity index (χ3n) is 3.04. The van der Waals surface area contributed by atoms with Gasteiger partial charge in [-0.2, -0.15) is 0 Å². The minimum Gasteiger partial charge on any atom is -0.327 e. The van der Waals surface area contributed by atoms with Gasteiger partial charge in [0.2, 0.25) is 0 Å². The van der Waals surface area contributed by atoms with Gasteiger partial charge in [0.1, 0.15) is 11.6 Å². The van der Waals surface area contributed by atoms with Crippen molar-refractivity contribution in [3.8, 4) is 0 Å². The predicted octanol–water partition coefficient (Wildman–Crippen LogP) is 3.94. The molecule has 2 aromatic rings. The molecule has 4 heteroatoms. The first-order chi connectivity index (χ1) is 9.56. The van der Waals surface area contributed by atoms with E-state index in [-0.39, 0.29) is 6.04 Å². The number of thioether (sulfide) groups is 1. The fourth-order valence-corrected chi connectivity index (χ4v) is 2.93. The highest BCUT2D eigenvalue weighted by molar-refractivity contribution is 7.99. The maximum atomic E-state index is 13.5. The van der Waals surface area contributed by atoms with Crippen LogP contribution in [0.1, 0.15) is 11.1 Å². The van der Waals surface area contributed by atoms with Crippen molar-refractivity contribution in [2.75, 3.05) is 5.75 Å². The van der Waals surface area contributed by atoms with E-state index in [2.05, 4.69) is 0 Å². The largest absolute Gasteiger partial charge is 0.327 e. The van der Waals surface area contributed by atoms with Gasteiger partial charge in [-0.1, -0.05) is 24.3 Å². The molecule has 2 aromatic carbocycles. The van der Waals surface area contributed by atoms with E-state index >= 15 is 0 Å². The molecule has 106 valence electrons. The molecule has 0 spiro atoms. The molecule has 1 atom stereocenters. The van der Waals surface area contributed by atoms with Gasteiger partial charge in [-0.25, -0.2) is 8.78 Å². The number of nitrogens with two attached hydrogens (primary N) is 1. The topological polar surface area (TPSA) is 26.0 Å². The van der Waals surface area contributed by atoms with Gasteiger partial charge >= 0.3 is 0 Å². The summed E-state index contributed by atoms with van der Waals surface area (Å²) in [5, 5.41) is 0. The van der Waals surface area contributed by atoms with Gasteiger partial charge in [-0.15, -0.1) is 11.8 Å². The maximum absolute atomic E-state index is 13.5. The van der Waals surface area contributed by atoms with E-state index in [1.54, 1.807) is 11.8 Å². The molecule has 1 nitrogen and oxygen atoms in total. The number of rotatable bonds is 5. The van der Waals surface area contributed by atoms with Crippen LogP contribution in [0.5, 0.6) is 0 Å². The van der Waals surface area contributed by atoms with Gasteiger partial charge in [0.25, 0.3) is 0 Å². The van der Waals surface area contributed by atoms with Crippen molar-refractivity contribution >= 4 is 11.8 Å². The van der Waals surface area contributed by atoms with Crippen molar-refractivity contribution in [2.45, 2.75) is 24.3 Å². The van der Waals surface area contributed by atoms with E-state index in [1.165, 1.54) is 22.6 Å². The Hall–Kier alpha value is -1.39. The maximum Gasteiger partial charge on any atom is 0.129 e. The van der Waals surface area contributed by atoms with E-state index in [0.717, 1.165) is 6.07 Å². The minimum absolute atomic E-state index is 0.167. The van der Waals surface area contributed by atoms with Crippen LogP contribution in [-0.2, 0) is 6.42 Å². The molecule has 0 aliphatic carbocycles. The normalized spacial score (nSPS) is 12.4. The van der Waals surface area contributed by atoms with Crippen LogP contribution in [0.25, 0.3) is 0 Å². The van der Waals surface area contributed by atoms with Crippen LogP contribution in [-0.4, -0.2) is 11.8 Å². The van der Waals surface area contributed by atoms with Crippen LogP contribution in [0.15, 0.2) is 47.4 Å². The van der Waals surface area contributed by atoms with E-state index in [9.17, 15) is 8.78 Å². The minimum atomic E-state index is -0.561. The lowest BCUT2D eigenvalue weighted by molar-refractivity contribution is 0.565. The van der Waals surface area contributed by atoms with E-state index in [1.807, 2.05) is 31.2 Å². The molecule has 0 radical (unpaired) electrons. The highest BCUT2D eigenvalue weighted by atomic mass is 32.2. The van der Waals surface area contributed by atoms with Crippen LogP contribution < -0.4 is 5.73 Å². The monoisotopic (exact) mass is 293 g/mol. The molecule has 0 fully saturated rings. The highest BCUT2D eigenvalue weighted by Gasteiger charge is 2.10. The Bertz CT molecular complexity index is 586. The molecule has 0 bridgehead atoms. The summed E-state index contributed by atoms with van der Waals surface area (Å²) in [6, 6.07) is 11.5. The zero-order chi connectivity index (χ0) is 14.5. The summed E-state index contributed by atoms with van der Waals surface area (Å²) in [5.41, 5.74) is 7.70. The van der Waals surface area contributed by atoms with Crippen molar-refractivity contribution in [2.24, 2.45) is 5.73 Å². The van der Waals surface area contributed by atoms with Crippen LogP contribution in [0.3, 0.4) is 0 Å². The zero-order valence-corrected chi connectivity index (χ0v) is 12.1. The molecule has 0 amide bonds. The molecule has 1 unspecified atom stereocenters. The van der Waals surface area contributed by atoms with Crippen LogP contribution in [0.2, 0.25) is 0 Å². The number of benzene rings is 2. The molecule has 0 aliphatic heterocycles. The summed E-state index contributed by atoms with van der Waals surface area (Å²) in [7, 11) is 0. The highest BCUT2D eigenvalue weighted by Crippen LogP contribution is 2.23. The molecular weight excluding hydrogens is 276 g/mol. The number of hydrogen-bond donors (Lipinski definition) is 1. The van der Waals surface area contributed by atoms with Crippen LogP contribution >= 0.6 is 11.8 Å². The Balaban J connectivity index is 1.92. The van der Waals surface area contributed by atoms with Gasteiger partial charge in [0.05, 0.1) is 0 Å². The van der Waals surface area contributed by atoms with E-state index < -0.39 is 11.6 Å². The predicted molar refractivity (Wildman–Crippen MR) is 79.9 cm³/mol. The Morgan fingerprint density at radius 3 is 2.60 bits per heavy atom. The second kappa shape index (κ2) is 6.86. The Morgan fingerprint density at radius 1 is 1.15 bits per heavy atom. The average molecular weight is 293 g/mol. The molecule has 0 saturated heterocycles. The fraction of sp³-hybridized carbons (Fsp3) is 0.250. The summed E-state index contributed by atoms with van der Waals surface area (Å²) in [6.45, 7) is 2.05.